The number of carboxylic acid groups (broad SMARTS) is 3. The zero-order chi connectivity index (χ0) is 14.3. The van der Waals surface area contributed by atoms with E-state index in [-0.39, 0.29) is 25.7 Å². The average Bonchev–Trinajstić information content (AvgIpc) is 2.96. The van der Waals surface area contributed by atoms with Crippen molar-refractivity contribution in [2.24, 2.45) is 0 Å². The molecule has 0 heterocycles. The summed E-state index contributed by atoms with van der Waals surface area (Å²) >= 11 is 0. The molecule has 0 spiro atoms. The van der Waals surface area contributed by atoms with Crippen LogP contribution < -0.4 is 5.32 Å². The molecule has 104 valence electrons. The Bertz CT molecular complexity index is 315. The predicted octanol–water partition coefficient (Wildman–Crippen LogP) is 0.988. The molecule has 0 aliphatic heterocycles. The summed E-state index contributed by atoms with van der Waals surface area (Å²) < 4.78 is 23.8. The Hall–Kier alpha value is -1.93. The van der Waals surface area contributed by atoms with E-state index in [9.17, 15) is 23.2 Å². The maximum atomic E-state index is 11.9. The first kappa shape index (κ1) is 16.1. The van der Waals surface area contributed by atoms with Gasteiger partial charge in [0.1, 0.15) is 5.54 Å². The standard InChI is InChI=1S/C5H7F2NO2.C4H6O4/c6-3(7)5(1-2-5)8-4(9)10;5-3(6)1-2-4(7)8/h3,8H,1-2H2,(H,9,10);1-2H2,(H,5,6)(H,7,8). The molecule has 0 radical (unpaired) electrons. The second-order valence-electron chi connectivity index (χ2n) is 3.67. The van der Waals surface area contributed by atoms with Gasteiger partial charge in [-0.3, -0.25) is 9.59 Å². The van der Waals surface area contributed by atoms with E-state index in [2.05, 4.69) is 0 Å². The van der Waals surface area contributed by atoms with Crippen LogP contribution in [0.25, 0.3) is 0 Å². The van der Waals surface area contributed by atoms with Gasteiger partial charge in [0.15, 0.2) is 0 Å². The highest BCUT2D eigenvalue weighted by atomic mass is 19.3. The molecular formula is C9H13F2NO6. The molecule has 4 N–H and O–H groups in total. The Balaban J connectivity index is 0.000000331. The highest BCUT2D eigenvalue weighted by molar-refractivity contribution is 5.75. The van der Waals surface area contributed by atoms with Crippen LogP contribution in [-0.2, 0) is 9.59 Å². The molecule has 0 bridgehead atoms. The van der Waals surface area contributed by atoms with Crippen LogP contribution in [0, 0.1) is 0 Å². The van der Waals surface area contributed by atoms with Crippen molar-refractivity contribution in [3.05, 3.63) is 0 Å². The highest BCUT2D eigenvalue weighted by Crippen LogP contribution is 2.40. The van der Waals surface area contributed by atoms with E-state index in [1.165, 1.54) is 0 Å². The van der Waals surface area contributed by atoms with E-state index in [4.69, 9.17) is 15.3 Å². The first-order valence-corrected chi connectivity index (χ1v) is 4.92. The van der Waals surface area contributed by atoms with Gasteiger partial charge in [0.2, 0.25) is 0 Å². The Labute approximate surface area is 100 Å². The highest BCUT2D eigenvalue weighted by Gasteiger charge is 2.52. The van der Waals surface area contributed by atoms with Crippen LogP contribution in [0.2, 0.25) is 0 Å². The molecule has 1 rings (SSSR count). The maximum Gasteiger partial charge on any atom is 0.405 e. The van der Waals surface area contributed by atoms with Crippen molar-refractivity contribution >= 4 is 18.0 Å². The third-order valence-corrected chi connectivity index (χ3v) is 2.11. The van der Waals surface area contributed by atoms with E-state index in [0.29, 0.717) is 0 Å². The Morgan fingerprint density at radius 1 is 1.06 bits per heavy atom. The SMILES string of the molecule is O=C(O)CCC(=O)O.O=C(O)NC1(C(F)F)CC1. The molecule has 1 amide bonds. The van der Waals surface area contributed by atoms with Gasteiger partial charge in [0.25, 0.3) is 6.43 Å². The van der Waals surface area contributed by atoms with Crippen molar-refractivity contribution in [1.29, 1.82) is 0 Å². The Morgan fingerprint density at radius 3 is 1.56 bits per heavy atom. The van der Waals surface area contributed by atoms with Crippen LogP contribution in [0.5, 0.6) is 0 Å². The van der Waals surface area contributed by atoms with Crippen LogP contribution in [0.1, 0.15) is 25.7 Å². The lowest BCUT2D eigenvalue weighted by molar-refractivity contribution is -0.143. The van der Waals surface area contributed by atoms with Crippen LogP contribution in [0.4, 0.5) is 13.6 Å². The number of carbonyl (C=O) groups is 3. The monoisotopic (exact) mass is 269 g/mol. The lowest BCUT2D eigenvalue weighted by Crippen LogP contribution is -2.41. The van der Waals surface area contributed by atoms with Crippen LogP contribution in [0.3, 0.4) is 0 Å². The summed E-state index contributed by atoms with van der Waals surface area (Å²) in [5.41, 5.74) is -1.41. The second-order valence-corrected chi connectivity index (χ2v) is 3.67. The van der Waals surface area contributed by atoms with Gasteiger partial charge in [-0.1, -0.05) is 0 Å². The summed E-state index contributed by atoms with van der Waals surface area (Å²) in [6.45, 7) is 0. The quantitative estimate of drug-likeness (QED) is 0.590. The molecule has 1 saturated carbocycles. The molecule has 9 heteroatoms. The number of hydrogen-bond donors (Lipinski definition) is 4. The zero-order valence-electron chi connectivity index (χ0n) is 9.23. The molecule has 1 fully saturated rings. The number of rotatable bonds is 5. The first-order valence-electron chi connectivity index (χ1n) is 4.92. The van der Waals surface area contributed by atoms with Gasteiger partial charge >= 0.3 is 18.0 Å². The normalized spacial score (nSPS) is 15.3. The molecular weight excluding hydrogens is 256 g/mol. The first-order chi connectivity index (χ1) is 8.19. The van der Waals surface area contributed by atoms with Gasteiger partial charge in [-0.2, -0.15) is 0 Å². The molecule has 0 unspecified atom stereocenters. The van der Waals surface area contributed by atoms with E-state index >= 15 is 0 Å². The summed E-state index contributed by atoms with van der Waals surface area (Å²) in [7, 11) is 0. The topological polar surface area (TPSA) is 124 Å². The molecule has 7 nitrogen and oxygen atoms in total. The fourth-order valence-corrected chi connectivity index (χ4v) is 0.959. The second kappa shape index (κ2) is 6.72. The Morgan fingerprint density at radius 2 is 1.44 bits per heavy atom. The zero-order valence-corrected chi connectivity index (χ0v) is 9.23. The van der Waals surface area contributed by atoms with Gasteiger partial charge < -0.3 is 20.6 Å². The third-order valence-electron chi connectivity index (χ3n) is 2.11. The lowest BCUT2D eigenvalue weighted by atomic mass is 10.3. The van der Waals surface area contributed by atoms with Gasteiger partial charge in [-0.15, -0.1) is 0 Å². The van der Waals surface area contributed by atoms with Gasteiger partial charge in [-0.05, 0) is 12.8 Å². The average molecular weight is 269 g/mol. The molecule has 1 aliphatic rings. The number of halogens is 2. The van der Waals surface area contributed by atoms with Crippen LogP contribution in [-0.4, -0.2) is 45.3 Å². The third kappa shape index (κ3) is 6.61. The van der Waals surface area contributed by atoms with Crippen molar-refractivity contribution in [2.45, 2.75) is 37.6 Å². The number of nitrogens with one attached hydrogen (secondary N) is 1. The number of amides is 1. The van der Waals surface area contributed by atoms with Gasteiger partial charge in [0, 0.05) is 0 Å². The molecule has 0 atom stereocenters. The number of hydrogen-bond acceptors (Lipinski definition) is 3. The summed E-state index contributed by atoms with van der Waals surface area (Å²) in [6.07, 6.45) is -4.06. The van der Waals surface area contributed by atoms with Crippen molar-refractivity contribution < 1.29 is 38.5 Å². The lowest BCUT2D eigenvalue weighted by Gasteiger charge is -2.12. The molecule has 18 heavy (non-hydrogen) atoms. The number of alkyl halides is 2. The van der Waals surface area contributed by atoms with Crippen molar-refractivity contribution in [3.8, 4) is 0 Å². The van der Waals surface area contributed by atoms with E-state index in [1.807, 2.05) is 0 Å². The Kier molecular flexibility index (Phi) is 6.00. The smallest absolute Gasteiger partial charge is 0.405 e. The number of carboxylic acids is 2. The van der Waals surface area contributed by atoms with Crippen molar-refractivity contribution in [3.63, 3.8) is 0 Å². The predicted molar refractivity (Wildman–Crippen MR) is 53.6 cm³/mol. The molecule has 1 aliphatic carbocycles. The summed E-state index contributed by atoms with van der Waals surface area (Å²) in [5, 5.41) is 25.7. The fourth-order valence-electron chi connectivity index (χ4n) is 0.959. The minimum Gasteiger partial charge on any atom is -0.481 e. The summed E-state index contributed by atoms with van der Waals surface area (Å²) in [5.74, 6) is -2.15. The van der Waals surface area contributed by atoms with Crippen LogP contribution >= 0.6 is 0 Å². The number of aliphatic carboxylic acids is 2. The van der Waals surface area contributed by atoms with Crippen LogP contribution in [0.15, 0.2) is 0 Å². The van der Waals surface area contributed by atoms with Crippen molar-refractivity contribution in [2.75, 3.05) is 0 Å². The van der Waals surface area contributed by atoms with Crippen molar-refractivity contribution in [1.82, 2.24) is 5.32 Å². The van der Waals surface area contributed by atoms with E-state index in [0.717, 1.165) is 0 Å². The molecule has 0 aromatic heterocycles. The summed E-state index contributed by atoms with van der Waals surface area (Å²) in [4.78, 5) is 29.2. The van der Waals surface area contributed by atoms with E-state index < -0.39 is 30.0 Å². The van der Waals surface area contributed by atoms with E-state index in [1.54, 1.807) is 5.32 Å². The summed E-state index contributed by atoms with van der Waals surface area (Å²) in [6, 6.07) is 0. The molecule has 0 aromatic carbocycles. The largest absolute Gasteiger partial charge is 0.481 e. The fraction of sp³-hybridized carbons (Fsp3) is 0.667. The molecule has 0 aromatic rings. The minimum absolute atomic E-state index is 0.247. The maximum absolute atomic E-state index is 11.9. The van der Waals surface area contributed by atoms with Gasteiger partial charge in [-0.25, -0.2) is 13.6 Å². The minimum atomic E-state index is -2.58. The van der Waals surface area contributed by atoms with Gasteiger partial charge in [0.05, 0.1) is 12.8 Å². The molecule has 0 saturated heterocycles.